The fraction of sp³-hybridized carbons (Fsp3) is 0.214. The number of hydrogen-bond donors (Lipinski definition) is 0. The van der Waals surface area contributed by atoms with Crippen LogP contribution in [0, 0.1) is 0 Å². The van der Waals surface area contributed by atoms with Crippen LogP contribution < -0.4 is 28.4 Å². The van der Waals surface area contributed by atoms with E-state index in [4.69, 9.17) is 28.4 Å². The van der Waals surface area contributed by atoms with E-state index in [9.17, 15) is 0 Å². The molecule has 0 unspecified atom stereocenters. The van der Waals surface area contributed by atoms with Crippen molar-refractivity contribution in [1.29, 1.82) is 0 Å². The predicted molar refractivity (Wildman–Crippen MR) is 131 cm³/mol. The summed E-state index contributed by atoms with van der Waals surface area (Å²) in [7, 11) is 8.20. The molecule has 4 aromatic carbocycles. The summed E-state index contributed by atoms with van der Waals surface area (Å²) in [5, 5.41) is 1.93. The molecule has 174 valence electrons. The number of fused-ring (bicyclic) bond motifs is 5. The summed E-state index contributed by atoms with van der Waals surface area (Å²) >= 11 is 0. The minimum absolute atomic E-state index is 0.355. The van der Waals surface area contributed by atoms with Crippen LogP contribution in [0.3, 0.4) is 0 Å². The summed E-state index contributed by atoms with van der Waals surface area (Å²) in [5.41, 5.74) is 3.99. The number of methoxy groups -OCH3 is 5. The molecular weight excluding hydrogens is 432 g/mol. The van der Waals surface area contributed by atoms with Gasteiger partial charge < -0.3 is 28.4 Å². The van der Waals surface area contributed by atoms with Gasteiger partial charge in [-0.05, 0) is 59.0 Å². The van der Waals surface area contributed by atoms with Crippen LogP contribution in [0.15, 0.2) is 60.7 Å². The molecule has 34 heavy (non-hydrogen) atoms. The van der Waals surface area contributed by atoms with Gasteiger partial charge in [-0.1, -0.05) is 18.2 Å². The number of benzene rings is 4. The molecule has 0 aliphatic carbocycles. The molecule has 0 radical (unpaired) electrons. The van der Waals surface area contributed by atoms with Crippen molar-refractivity contribution in [3.05, 3.63) is 71.8 Å². The van der Waals surface area contributed by atoms with Crippen molar-refractivity contribution < 1.29 is 28.4 Å². The van der Waals surface area contributed by atoms with Crippen LogP contribution in [0.5, 0.6) is 34.5 Å². The molecule has 1 heterocycles. The van der Waals surface area contributed by atoms with Gasteiger partial charge in [-0.25, -0.2) is 0 Å². The lowest BCUT2D eigenvalue weighted by atomic mass is 9.87. The Morgan fingerprint density at radius 1 is 0.588 bits per heavy atom. The Labute approximate surface area is 198 Å². The minimum Gasteiger partial charge on any atom is -0.497 e. The van der Waals surface area contributed by atoms with E-state index in [1.807, 2.05) is 48.5 Å². The summed E-state index contributed by atoms with van der Waals surface area (Å²) in [6.45, 7) is 0. The zero-order valence-electron chi connectivity index (χ0n) is 19.8. The van der Waals surface area contributed by atoms with Crippen molar-refractivity contribution in [2.75, 3.05) is 35.5 Å². The highest BCUT2D eigenvalue weighted by Crippen LogP contribution is 2.51. The first-order valence-corrected chi connectivity index (χ1v) is 10.9. The molecule has 6 nitrogen and oxygen atoms in total. The minimum atomic E-state index is -0.355. The summed E-state index contributed by atoms with van der Waals surface area (Å²) in [6, 6.07) is 20.0. The van der Waals surface area contributed by atoms with Crippen LogP contribution in [0.4, 0.5) is 0 Å². The Bertz CT molecular complexity index is 1360. The second kappa shape index (κ2) is 8.71. The van der Waals surface area contributed by atoms with Gasteiger partial charge in [-0.15, -0.1) is 0 Å². The molecule has 0 fully saturated rings. The Balaban J connectivity index is 1.78. The van der Waals surface area contributed by atoms with Crippen LogP contribution >= 0.6 is 0 Å². The average Bonchev–Trinajstić information content (AvgIpc) is 2.90. The molecule has 0 N–H and O–H groups in total. The largest absolute Gasteiger partial charge is 0.497 e. The Hall–Kier alpha value is -4.06. The molecule has 6 heteroatoms. The van der Waals surface area contributed by atoms with Crippen LogP contribution in [0.2, 0.25) is 0 Å². The molecule has 1 aliphatic heterocycles. The maximum Gasteiger partial charge on any atom is 0.161 e. The third-order valence-electron chi connectivity index (χ3n) is 6.26. The Morgan fingerprint density at radius 3 is 1.85 bits per heavy atom. The number of ether oxygens (including phenoxy) is 6. The van der Waals surface area contributed by atoms with Gasteiger partial charge in [0.1, 0.15) is 17.6 Å². The van der Waals surface area contributed by atoms with E-state index in [1.54, 1.807) is 35.5 Å². The Kier molecular flexibility index (Phi) is 5.57. The van der Waals surface area contributed by atoms with Gasteiger partial charge >= 0.3 is 0 Å². The molecule has 0 saturated carbocycles. The van der Waals surface area contributed by atoms with Gasteiger partial charge in [0, 0.05) is 16.5 Å². The van der Waals surface area contributed by atoms with Crippen LogP contribution in [0.1, 0.15) is 17.2 Å². The number of rotatable bonds is 6. The molecule has 0 bridgehead atoms. The van der Waals surface area contributed by atoms with Crippen LogP contribution in [-0.2, 0) is 0 Å². The van der Waals surface area contributed by atoms with E-state index in [0.717, 1.165) is 44.5 Å². The maximum absolute atomic E-state index is 6.74. The summed E-state index contributed by atoms with van der Waals surface area (Å²) in [4.78, 5) is 0. The highest BCUT2D eigenvalue weighted by Gasteiger charge is 2.31. The van der Waals surface area contributed by atoms with E-state index in [0.29, 0.717) is 23.0 Å². The van der Waals surface area contributed by atoms with E-state index >= 15 is 0 Å². The highest BCUT2D eigenvalue weighted by atomic mass is 16.5. The fourth-order valence-electron chi connectivity index (χ4n) is 4.51. The van der Waals surface area contributed by atoms with Crippen molar-refractivity contribution >= 4 is 10.8 Å². The van der Waals surface area contributed by atoms with E-state index in [-0.39, 0.29) is 6.10 Å². The van der Waals surface area contributed by atoms with Gasteiger partial charge in [0.2, 0.25) is 0 Å². The predicted octanol–water partition coefficient (Wildman–Crippen LogP) is 6.03. The third-order valence-corrected chi connectivity index (χ3v) is 6.26. The van der Waals surface area contributed by atoms with E-state index in [1.165, 1.54) is 0 Å². The lowest BCUT2D eigenvalue weighted by molar-refractivity contribution is 0.245. The molecular formula is C28H26O6. The van der Waals surface area contributed by atoms with Gasteiger partial charge in [0.15, 0.2) is 23.0 Å². The number of hydrogen-bond acceptors (Lipinski definition) is 6. The van der Waals surface area contributed by atoms with Crippen molar-refractivity contribution in [1.82, 2.24) is 0 Å². The Morgan fingerprint density at radius 2 is 1.21 bits per heavy atom. The van der Waals surface area contributed by atoms with Crippen molar-refractivity contribution in [2.45, 2.75) is 6.10 Å². The quantitative estimate of drug-likeness (QED) is 0.352. The molecule has 0 saturated heterocycles. The zero-order valence-corrected chi connectivity index (χ0v) is 19.8. The highest BCUT2D eigenvalue weighted by molar-refractivity contribution is 5.98. The van der Waals surface area contributed by atoms with Crippen molar-refractivity contribution in [2.24, 2.45) is 0 Å². The van der Waals surface area contributed by atoms with E-state index in [2.05, 4.69) is 12.1 Å². The first-order valence-electron chi connectivity index (χ1n) is 10.9. The summed E-state index contributed by atoms with van der Waals surface area (Å²) in [5.74, 6) is 4.19. The molecule has 0 aromatic heterocycles. The second-order valence-corrected chi connectivity index (χ2v) is 7.94. The molecule has 4 aromatic rings. The average molecular weight is 459 g/mol. The smallest absolute Gasteiger partial charge is 0.161 e. The molecule has 0 amide bonds. The van der Waals surface area contributed by atoms with Crippen LogP contribution in [0.25, 0.3) is 21.9 Å². The van der Waals surface area contributed by atoms with Gasteiger partial charge in [-0.3, -0.25) is 0 Å². The topological polar surface area (TPSA) is 55.4 Å². The zero-order chi connectivity index (χ0) is 23.8. The van der Waals surface area contributed by atoms with Crippen molar-refractivity contribution in [3.63, 3.8) is 0 Å². The van der Waals surface area contributed by atoms with Crippen molar-refractivity contribution in [3.8, 4) is 45.6 Å². The lowest BCUT2D eigenvalue weighted by Crippen LogP contribution is -2.16. The van der Waals surface area contributed by atoms with E-state index < -0.39 is 0 Å². The fourth-order valence-corrected chi connectivity index (χ4v) is 4.51. The van der Waals surface area contributed by atoms with Gasteiger partial charge in [0.25, 0.3) is 0 Å². The molecule has 1 atom stereocenters. The first-order chi connectivity index (χ1) is 16.6. The van der Waals surface area contributed by atoms with Gasteiger partial charge in [-0.2, -0.15) is 0 Å². The normalized spacial score (nSPS) is 14.0. The lowest BCUT2D eigenvalue weighted by Gasteiger charge is -2.31. The molecule has 0 spiro atoms. The standard InChI is InChI=1S/C28H26O6/c1-29-18-9-6-16(7-10-18)27-22-15-26(33-5)25(32-4)14-21(22)19-11-8-17-12-23(30-2)24(31-3)13-20(17)28(19)34-27/h6-15,27H,1-5H3/t27-/m0/s1. The molecule has 5 rings (SSSR count). The van der Waals surface area contributed by atoms with Gasteiger partial charge in [0.05, 0.1) is 35.5 Å². The molecule has 1 aliphatic rings. The third kappa shape index (κ3) is 3.43. The maximum atomic E-state index is 6.74. The first kappa shape index (κ1) is 21.8. The summed E-state index contributed by atoms with van der Waals surface area (Å²) in [6.07, 6.45) is -0.355. The van der Waals surface area contributed by atoms with Crippen LogP contribution in [-0.4, -0.2) is 35.5 Å². The summed E-state index contributed by atoms with van der Waals surface area (Å²) < 4.78 is 34.4. The monoisotopic (exact) mass is 458 g/mol. The SMILES string of the molecule is COc1ccc([C@@H]2Oc3c(ccc4cc(OC)c(OC)cc34)-c3cc(OC)c(OC)cc32)cc1. The second-order valence-electron chi connectivity index (χ2n) is 7.94.